The van der Waals surface area contributed by atoms with Crippen molar-refractivity contribution >= 4 is 29.3 Å². The first-order valence-electron chi connectivity index (χ1n) is 5.32. The summed E-state index contributed by atoms with van der Waals surface area (Å²) in [5, 5.41) is 9.13. The molecule has 0 unspecified atom stereocenters. The fraction of sp³-hybridized carbons (Fsp3) is 0.250. The van der Waals surface area contributed by atoms with Crippen LogP contribution in [-0.2, 0) is 4.79 Å². The van der Waals surface area contributed by atoms with Gasteiger partial charge < -0.3 is 9.84 Å². The first kappa shape index (κ1) is 13.8. The van der Waals surface area contributed by atoms with Crippen LogP contribution in [0.15, 0.2) is 17.8 Å². The van der Waals surface area contributed by atoms with E-state index in [1.165, 1.54) is 18.2 Å². The quantitative estimate of drug-likeness (QED) is 0.871. The SMILES string of the molecule is C[N+]1(C)C(C(=O)O)=Cc2c1ccc(OC(F)F)c2Cl. The molecule has 1 aromatic carbocycles. The van der Waals surface area contributed by atoms with Crippen LogP contribution in [0.25, 0.3) is 6.08 Å². The van der Waals surface area contributed by atoms with E-state index in [0.29, 0.717) is 11.3 Å². The highest BCUT2D eigenvalue weighted by molar-refractivity contribution is 6.34. The third-order valence-corrected chi connectivity index (χ3v) is 3.43. The van der Waals surface area contributed by atoms with E-state index in [0.717, 1.165) is 0 Å². The Morgan fingerprint density at radius 3 is 2.58 bits per heavy atom. The van der Waals surface area contributed by atoms with Crippen LogP contribution in [0.1, 0.15) is 5.56 Å². The number of benzene rings is 1. The standard InChI is InChI=1S/C12H10ClF2NO3/c1-16(2)7-3-4-9(19-12(14)15)10(13)6(7)5-8(16)11(17)18/h3-5,12H,1-2H3/p+1. The molecular weight excluding hydrogens is 280 g/mol. The van der Waals surface area contributed by atoms with Gasteiger partial charge in [-0.2, -0.15) is 8.78 Å². The number of fused-ring (bicyclic) bond motifs is 1. The lowest BCUT2D eigenvalue weighted by molar-refractivity contribution is -0.133. The number of carboxylic acids is 1. The monoisotopic (exact) mass is 290 g/mol. The molecule has 0 aliphatic carbocycles. The summed E-state index contributed by atoms with van der Waals surface area (Å²) in [6.07, 6.45) is 1.37. The van der Waals surface area contributed by atoms with E-state index in [4.69, 9.17) is 16.7 Å². The highest BCUT2D eigenvalue weighted by Gasteiger charge is 2.40. The van der Waals surface area contributed by atoms with E-state index in [2.05, 4.69) is 4.74 Å². The smallest absolute Gasteiger partial charge is 0.390 e. The zero-order valence-corrected chi connectivity index (χ0v) is 10.9. The van der Waals surface area contributed by atoms with Crippen LogP contribution < -0.4 is 9.22 Å². The Labute approximate surface area is 113 Å². The van der Waals surface area contributed by atoms with Crippen molar-refractivity contribution in [2.45, 2.75) is 6.61 Å². The number of rotatable bonds is 3. The fourth-order valence-corrected chi connectivity index (χ4v) is 2.36. The van der Waals surface area contributed by atoms with Gasteiger partial charge in [0.25, 0.3) is 0 Å². The molecule has 19 heavy (non-hydrogen) atoms. The maximum Gasteiger partial charge on any atom is 0.390 e. The zero-order chi connectivity index (χ0) is 14.4. The third-order valence-electron chi connectivity index (χ3n) is 3.04. The van der Waals surface area contributed by atoms with Crippen molar-refractivity contribution in [1.82, 2.24) is 4.48 Å². The number of aliphatic carboxylic acids is 1. The fourth-order valence-electron chi connectivity index (χ4n) is 2.10. The zero-order valence-electron chi connectivity index (χ0n) is 10.2. The molecule has 0 saturated carbocycles. The van der Waals surface area contributed by atoms with Gasteiger partial charge >= 0.3 is 12.6 Å². The first-order chi connectivity index (χ1) is 8.75. The Bertz CT molecular complexity index is 585. The van der Waals surface area contributed by atoms with E-state index >= 15 is 0 Å². The number of ether oxygens (including phenoxy) is 1. The highest BCUT2D eigenvalue weighted by atomic mass is 35.5. The molecule has 0 bridgehead atoms. The van der Waals surface area contributed by atoms with Crippen LogP contribution in [0.4, 0.5) is 14.5 Å². The number of carboxylic acid groups (broad SMARTS) is 1. The molecule has 1 N–H and O–H groups in total. The highest BCUT2D eigenvalue weighted by Crippen LogP contribution is 2.45. The van der Waals surface area contributed by atoms with Crippen molar-refractivity contribution in [1.29, 1.82) is 0 Å². The average Bonchev–Trinajstić information content (AvgIpc) is 2.55. The Hall–Kier alpha value is -1.66. The van der Waals surface area contributed by atoms with Crippen LogP contribution in [0.2, 0.25) is 5.02 Å². The molecule has 0 aromatic heterocycles. The number of hydrogen-bond acceptors (Lipinski definition) is 2. The van der Waals surface area contributed by atoms with Gasteiger partial charge in [0, 0.05) is 12.1 Å². The van der Waals surface area contributed by atoms with Crippen LogP contribution >= 0.6 is 11.6 Å². The molecule has 2 rings (SSSR count). The normalized spacial score (nSPS) is 16.2. The molecule has 0 saturated heterocycles. The molecule has 0 spiro atoms. The minimum Gasteiger partial charge on any atom is -0.474 e. The van der Waals surface area contributed by atoms with Gasteiger partial charge in [-0.05, 0) is 6.07 Å². The van der Waals surface area contributed by atoms with Gasteiger partial charge in [-0.3, -0.25) is 4.48 Å². The van der Waals surface area contributed by atoms with Crippen molar-refractivity contribution < 1.29 is 23.4 Å². The molecule has 0 atom stereocenters. The van der Waals surface area contributed by atoms with Crippen molar-refractivity contribution in [3.8, 4) is 5.75 Å². The summed E-state index contributed by atoms with van der Waals surface area (Å²) in [5.41, 5.74) is 1.11. The van der Waals surface area contributed by atoms with E-state index in [9.17, 15) is 13.6 Å². The van der Waals surface area contributed by atoms with E-state index in [-0.39, 0.29) is 21.0 Å². The van der Waals surface area contributed by atoms with Crippen molar-refractivity contribution in [3.63, 3.8) is 0 Å². The lowest BCUT2D eigenvalue weighted by Crippen LogP contribution is -2.40. The Morgan fingerprint density at radius 1 is 1.42 bits per heavy atom. The minimum absolute atomic E-state index is 0.0137. The second-order valence-corrected chi connectivity index (χ2v) is 4.86. The summed E-state index contributed by atoms with van der Waals surface area (Å²) in [6.45, 7) is -2.98. The van der Waals surface area contributed by atoms with Crippen LogP contribution in [0.3, 0.4) is 0 Å². The van der Waals surface area contributed by atoms with Crippen molar-refractivity contribution in [3.05, 3.63) is 28.4 Å². The van der Waals surface area contributed by atoms with Crippen LogP contribution in [0.5, 0.6) is 5.75 Å². The van der Waals surface area contributed by atoms with E-state index in [1.807, 2.05) is 0 Å². The van der Waals surface area contributed by atoms with E-state index < -0.39 is 12.6 Å². The molecular formula is C12H11ClF2NO3+. The predicted octanol–water partition coefficient (Wildman–Crippen LogP) is 2.95. The summed E-state index contributed by atoms with van der Waals surface area (Å²) in [7, 11) is 3.35. The largest absolute Gasteiger partial charge is 0.474 e. The maximum absolute atomic E-state index is 12.2. The summed E-state index contributed by atoms with van der Waals surface area (Å²) >= 11 is 5.99. The number of nitrogens with zero attached hydrogens (tertiary/aromatic N) is 1. The third kappa shape index (κ3) is 2.17. The molecule has 1 aliphatic rings. The first-order valence-corrected chi connectivity index (χ1v) is 5.70. The molecule has 7 heteroatoms. The van der Waals surface area contributed by atoms with Gasteiger partial charge in [-0.1, -0.05) is 11.6 Å². The summed E-state index contributed by atoms with van der Waals surface area (Å²) in [6, 6.07) is 2.84. The Balaban J connectivity index is 2.57. The molecule has 0 radical (unpaired) electrons. The second kappa shape index (κ2) is 4.47. The number of alkyl halides is 2. The van der Waals surface area contributed by atoms with Gasteiger partial charge in [0.05, 0.1) is 24.7 Å². The Morgan fingerprint density at radius 2 is 2.05 bits per heavy atom. The molecule has 102 valence electrons. The number of carbonyl (C=O) groups is 1. The van der Waals surface area contributed by atoms with Crippen LogP contribution in [0, 0.1) is 0 Å². The van der Waals surface area contributed by atoms with Crippen LogP contribution in [-0.4, -0.2) is 31.8 Å². The lowest BCUT2D eigenvalue weighted by atomic mass is 10.2. The average molecular weight is 291 g/mol. The topological polar surface area (TPSA) is 46.5 Å². The number of halogens is 3. The minimum atomic E-state index is -2.98. The lowest BCUT2D eigenvalue weighted by Gasteiger charge is -2.25. The number of likely N-dealkylation sites (N-methyl/N-ethyl adjacent to an activating group) is 1. The molecule has 0 amide bonds. The predicted molar refractivity (Wildman–Crippen MR) is 67.3 cm³/mol. The Kier molecular flexibility index (Phi) is 3.24. The van der Waals surface area contributed by atoms with Gasteiger partial charge in [-0.25, -0.2) is 4.79 Å². The molecule has 4 nitrogen and oxygen atoms in total. The maximum atomic E-state index is 12.2. The molecule has 1 heterocycles. The summed E-state index contributed by atoms with van der Waals surface area (Å²) in [5.74, 6) is -1.26. The molecule has 1 aliphatic heterocycles. The van der Waals surface area contributed by atoms with Gasteiger partial charge in [-0.15, -0.1) is 0 Å². The van der Waals surface area contributed by atoms with Gasteiger partial charge in [0.15, 0.2) is 0 Å². The van der Waals surface area contributed by atoms with Crippen molar-refractivity contribution in [2.75, 3.05) is 14.1 Å². The van der Waals surface area contributed by atoms with Gasteiger partial charge in [0.1, 0.15) is 11.4 Å². The summed E-state index contributed by atoms with van der Waals surface area (Å²) < 4.78 is 28.7. The molecule has 0 fully saturated rings. The number of hydrogen-bond donors (Lipinski definition) is 1. The van der Waals surface area contributed by atoms with E-state index in [1.54, 1.807) is 14.1 Å². The molecule has 1 aromatic rings. The summed E-state index contributed by atoms with van der Waals surface area (Å²) in [4.78, 5) is 11.2. The van der Waals surface area contributed by atoms with Gasteiger partial charge in [0.2, 0.25) is 5.70 Å². The number of quaternary nitrogens is 1. The van der Waals surface area contributed by atoms with Crippen molar-refractivity contribution in [2.24, 2.45) is 0 Å². The second-order valence-electron chi connectivity index (χ2n) is 4.48.